The molecule has 0 saturated carbocycles. The maximum absolute atomic E-state index is 10.7. The van der Waals surface area contributed by atoms with Gasteiger partial charge in [-0.15, -0.1) is 0 Å². The topological polar surface area (TPSA) is 58.6 Å². The number of rotatable bonds is 1. The summed E-state index contributed by atoms with van der Waals surface area (Å²) in [5.74, 6) is 0. The lowest BCUT2D eigenvalue weighted by molar-refractivity contribution is -0.0552. The quantitative estimate of drug-likeness (QED) is 0.650. The van der Waals surface area contributed by atoms with Crippen LogP contribution in [0.5, 0.6) is 0 Å². The molecule has 15 heavy (non-hydrogen) atoms. The highest BCUT2D eigenvalue weighted by molar-refractivity contribution is 5.65. The van der Waals surface area contributed by atoms with Gasteiger partial charge in [-0.2, -0.15) is 0 Å². The summed E-state index contributed by atoms with van der Waals surface area (Å²) in [5.41, 5.74) is -0.585. The monoisotopic (exact) mass is 211 g/mol. The van der Waals surface area contributed by atoms with Crippen LogP contribution in [-0.2, 0) is 4.74 Å². The van der Waals surface area contributed by atoms with Crippen LogP contribution in [0.2, 0.25) is 0 Å². The predicted molar refractivity (Wildman–Crippen MR) is 55.8 cm³/mol. The van der Waals surface area contributed by atoms with Crippen LogP contribution in [0.15, 0.2) is 12.2 Å². The molecule has 1 saturated heterocycles. The minimum atomic E-state index is -0.979. The van der Waals surface area contributed by atoms with Crippen LogP contribution in [0.3, 0.4) is 0 Å². The third kappa shape index (κ3) is 1.44. The van der Waals surface area contributed by atoms with E-state index in [1.54, 1.807) is 0 Å². The minimum absolute atomic E-state index is 0.0704. The summed E-state index contributed by atoms with van der Waals surface area (Å²) >= 11 is 0. The fourth-order valence-electron chi connectivity index (χ4n) is 2.58. The Morgan fingerprint density at radius 3 is 2.73 bits per heavy atom. The lowest BCUT2D eigenvalue weighted by Crippen LogP contribution is -2.55. The molecule has 0 aromatic carbocycles. The van der Waals surface area contributed by atoms with Crippen LogP contribution < -0.4 is 5.32 Å². The molecule has 3 atom stereocenters. The van der Waals surface area contributed by atoms with E-state index in [9.17, 15) is 4.79 Å². The number of hydrogen-bond acceptors (Lipinski definition) is 2. The first-order valence-corrected chi connectivity index (χ1v) is 5.22. The highest BCUT2D eigenvalue weighted by Crippen LogP contribution is 2.49. The van der Waals surface area contributed by atoms with Crippen LogP contribution in [0.4, 0.5) is 4.79 Å². The smallest absolute Gasteiger partial charge is 0.404 e. The molecule has 1 amide bonds. The largest absolute Gasteiger partial charge is 0.465 e. The van der Waals surface area contributed by atoms with Crippen molar-refractivity contribution in [3.8, 4) is 0 Å². The number of fused-ring (bicyclic) bond motifs is 2. The highest BCUT2D eigenvalue weighted by atomic mass is 16.5. The van der Waals surface area contributed by atoms with Gasteiger partial charge in [0, 0.05) is 6.42 Å². The Bertz CT molecular complexity index is 318. The number of nitrogens with one attached hydrogen (secondary N) is 1. The third-order valence-corrected chi connectivity index (χ3v) is 3.36. The van der Waals surface area contributed by atoms with E-state index in [2.05, 4.69) is 26.1 Å². The Morgan fingerprint density at radius 1 is 1.60 bits per heavy atom. The zero-order valence-corrected chi connectivity index (χ0v) is 9.28. The molecule has 2 aliphatic rings. The van der Waals surface area contributed by atoms with Crippen LogP contribution in [-0.4, -0.2) is 28.9 Å². The Balaban J connectivity index is 2.28. The number of carbonyl (C=O) groups is 1. The standard InChI is InChI=1S/C11H17NO3/c1-10(2,3)11-5-4-7(15-11)6-8(11)12-9(13)14/h4-5,7-8,12H,6H2,1-3H3,(H,13,14). The van der Waals surface area contributed by atoms with Crippen molar-refractivity contribution in [1.82, 2.24) is 5.32 Å². The molecule has 4 heteroatoms. The highest BCUT2D eigenvalue weighted by Gasteiger charge is 2.57. The molecular weight excluding hydrogens is 194 g/mol. The van der Waals surface area contributed by atoms with Crippen molar-refractivity contribution in [3.63, 3.8) is 0 Å². The van der Waals surface area contributed by atoms with E-state index in [1.165, 1.54) is 0 Å². The van der Waals surface area contributed by atoms with Gasteiger partial charge in [0.2, 0.25) is 0 Å². The third-order valence-electron chi connectivity index (χ3n) is 3.36. The molecule has 0 aliphatic carbocycles. The summed E-state index contributed by atoms with van der Waals surface area (Å²) in [6, 6.07) is -0.134. The van der Waals surface area contributed by atoms with E-state index < -0.39 is 11.7 Å². The van der Waals surface area contributed by atoms with Gasteiger partial charge in [0.05, 0.1) is 12.1 Å². The van der Waals surface area contributed by atoms with Gasteiger partial charge < -0.3 is 15.2 Å². The molecule has 2 aliphatic heterocycles. The van der Waals surface area contributed by atoms with Crippen molar-refractivity contribution in [2.75, 3.05) is 0 Å². The van der Waals surface area contributed by atoms with E-state index in [-0.39, 0.29) is 17.6 Å². The second-order valence-electron chi connectivity index (χ2n) is 5.30. The summed E-state index contributed by atoms with van der Waals surface area (Å²) in [5, 5.41) is 11.4. The molecule has 4 nitrogen and oxygen atoms in total. The van der Waals surface area contributed by atoms with Crippen molar-refractivity contribution in [2.24, 2.45) is 5.41 Å². The first-order chi connectivity index (χ1) is 6.85. The molecule has 2 N–H and O–H groups in total. The van der Waals surface area contributed by atoms with Crippen LogP contribution in [0, 0.1) is 5.41 Å². The zero-order valence-electron chi connectivity index (χ0n) is 9.28. The minimum Gasteiger partial charge on any atom is -0.465 e. The van der Waals surface area contributed by atoms with Gasteiger partial charge in [-0.1, -0.05) is 32.9 Å². The lowest BCUT2D eigenvalue weighted by Gasteiger charge is -2.41. The average molecular weight is 211 g/mol. The molecule has 0 radical (unpaired) electrons. The molecule has 2 bridgehead atoms. The van der Waals surface area contributed by atoms with Gasteiger partial charge in [-0.3, -0.25) is 0 Å². The van der Waals surface area contributed by atoms with Crippen molar-refractivity contribution in [1.29, 1.82) is 0 Å². The number of amides is 1. The Morgan fingerprint density at radius 2 is 2.27 bits per heavy atom. The SMILES string of the molecule is CC(C)(C)C12C=CC(CC1NC(=O)O)O2. The molecule has 0 aromatic rings. The van der Waals surface area contributed by atoms with E-state index in [0.29, 0.717) is 0 Å². The van der Waals surface area contributed by atoms with Gasteiger partial charge in [-0.05, 0) is 5.41 Å². The second-order valence-corrected chi connectivity index (χ2v) is 5.30. The molecule has 1 fully saturated rings. The summed E-state index contributed by atoms with van der Waals surface area (Å²) in [7, 11) is 0. The Labute approximate surface area is 89.3 Å². The normalized spacial score (nSPS) is 38.3. The fraction of sp³-hybridized carbons (Fsp3) is 0.727. The molecule has 3 unspecified atom stereocenters. The van der Waals surface area contributed by atoms with Gasteiger partial charge >= 0.3 is 6.09 Å². The van der Waals surface area contributed by atoms with Gasteiger partial charge in [0.1, 0.15) is 5.60 Å². The van der Waals surface area contributed by atoms with E-state index in [4.69, 9.17) is 9.84 Å². The van der Waals surface area contributed by atoms with Crippen molar-refractivity contribution >= 4 is 6.09 Å². The van der Waals surface area contributed by atoms with Crippen molar-refractivity contribution < 1.29 is 14.6 Å². The number of carboxylic acid groups (broad SMARTS) is 1. The molecule has 84 valence electrons. The molecule has 0 spiro atoms. The van der Waals surface area contributed by atoms with Crippen LogP contribution in [0.25, 0.3) is 0 Å². The molecule has 2 rings (SSSR count). The van der Waals surface area contributed by atoms with Crippen molar-refractivity contribution in [3.05, 3.63) is 12.2 Å². The summed E-state index contributed by atoms with van der Waals surface area (Å²) < 4.78 is 5.90. The van der Waals surface area contributed by atoms with E-state index in [0.717, 1.165) is 6.42 Å². The van der Waals surface area contributed by atoms with E-state index in [1.807, 2.05) is 12.2 Å². The van der Waals surface area contributed by atoms with Crippen LogP contribution >= 0.6 is 0 Å². The second kappa shape index (κ2) is 2.98. The summed E-state index contributed by atoms with van der Waals surface area (Å²) in [6.07, 6.45) is 3.88. The molecular formula is C11H17NO3. The van der Waals surface area contributed by atoms with Crippen molar-refractivity contribution in [2.45, 2.75) is 44.9 Å². The first-order valence-electron chi connectivity index (χ1n) is 5.22. The zero-order chi connectivity index (χ0) is 11.3. The maximum atomic E-state index is 10.7. The number of hydrogen-bond donors (Lipinski definition) is 2. The van der Waals surface area contributed by atoms with Crippen LogP contribution in [0.1, 0.15) is 27.2 Å². The Hall–Kier alpha value is -1.03. The average Bonchev–Trinajstić information content (AvgIpc) is 2.58. The maximum Gasteiger partial charge on any atom is 0.404 e. The van der Waals surface area contributed by atoms with E-state index >= 15 is 0 Å². The van der Waals surface area contributed by atoms with Gasteiger partial charge in [0.15, 0.2) is 0 Å². The van der Waals surface area contributed by atoms with Gasteiger partial charge in [-0.25, -0.2) is 4.79 Å². The Kier molecular flexibility index (Phi) is 2.08. The number of ether oxygens (including phenoxy) is 1. The fourth-order valence-corrected chi connectivity index (χ4v) is 2.58. The summed E-state index contributed by atoms with van der Waals surface area (Å²) in [4.78, 5) is 10.7. The summed E-state index contributed by atoms with van der Waals surface area (Å²) in [6.45, 7) is 6.21. The predicted octanol–water partition coefficient (Wildman–Crippen LogP) is 1.77. The molecule has 2 heterocycles. The molecule has 0 aromatic heterocycles. The lowest BCUT2D eigenvalue weighted by atomic mass is 9.70. The van der Waals surface area contributed by atoms with Gasteiger partial charge in [0.25, 0.3) is 0 Å². The first kappa shape index (κ1) is 10.5.